The first-order valence-electron chi connectivity index (χ1n) is 11.9. The van der Waals surface area contributed by atoms with Crippen molar-refractivity contribution >= 4 is 17.1 Å². The number of nitrogens with one attached hydrogen (secondary N) is 2. The second kappa shape index (κ2) is 12.1. The molecule has 0 atom stereocenters. The number of rotatable bonds is 13. The van der Waals surface area contributed by atoms with E-state index in [1.807, 2.05) is 6.07 Å². The molecule has 33 heavy (non-hydrogen) atoms. The molecule has 0 saturated carbocycles. The average molecular weight is 456 g/mol. The Balaban J connectivity index is 2.21. The van der Waals surface area contributed by atoms with E-state index in [0.717, 1.165) is 51.3 Å². The average Bonchev–Trinajstić information content (AvgIpc) is 2.74. The first-order chi connectivity index (χ1) is 15.5. The van der Waals surface area contributed by atoms with Crippen LogP contribution in [0.4, 0.5) is 14.5 Å². The molecule has 0 unspecified atom stereocenters. The number of hydrogen-bond acceptors (Lipinski definition) is 3. The highest BCUT2D eigenvalue weighted by Crippen LogP contribution is 2.32. The first-order valence-corrected chi connectivity index (χ1v) is 11.9. The van der Waals surface area contributed by atoms with Crippen molar-refractivity contribution in [1.82, 2.24) is 4.90 Å². The number of aryl methyl sites for hydroxylation is 2. The molecule has 0 aliphatic rings. The molecule has 180 valence electrons. The maximum absolute atomic E-state index is 14.2. The van der Waals surface area contributed by atoms with Gasteiger partial charge < -0.3 is 15.6 Å². The monoisotopic (exact) mass is 455 g/mol. The van der Waals surface area contributed by atoms with Gasteiger partial charge in [-0.25, -0.2) is 8.78 Å². The van der Waals surface area contributed by atoms with Crippen LogP contribution in [0.1, 0.15) is 74.3 Å². The Morgan fingerprint density at radius 1 is 1.06 bits per heavy atom. The zero-order valence-electron chi connectivity index (χ0n) is 20.8. The first kappa shape index (κ1) is 26.7. The number of halogens is 2. The second-order valence-electron chi connectivity index (χ2n) is 9.07. The molecule has 2 aromatic rings. The fourth-order valence-corrected chi connectivity index (χ4v) is 3.97. The van der Waals surface area contributed by atoms with Crippen LogP contribution in [0, 0.1) is 12.3 Å². The van der Waals surface area contributed by atoms with Gasteiger partial charge in [0, 0.05) is 29.6 Å². The lowest BCUT2D eigenvalue weighted by atomic mass is 9.98. The molecular weight excluding hydrogens is 416 g/mol. The molecule has 0 radical (unpaired) electrons. The molecule has 0 spiro atoms. The zero-order chi connectivity index (χ0) is 24.6. The summed E-state index contributed by atoms with van der Waals surface area (Å²) in [5.74, 6) is -2.99. The van der Waals surface area contributed by atoms with Gasteiger partial charge in [-0.1, -0.05) is 39.0 Å². The summed E-state index contributed by atoms with van der Waals surface area (Å²) < 4.78 is 28.4. The fraction of sp³-hybridized carbons (Fsp3) is 0.464. The van der Waals surface area contributed by atoms with E-state index in [-0.39, 0.29) is 5.56 Å². The maximum atomic E-state index is 14.2. The number of alkyl halides is 2. The van der Waals surface area contributed by atoms with Gasteiger partial charge in [-0.05, 0) is 99.3 Å². The molecule has 0 heterocycles. The highest BCUT2D eigenvalue weighted by molar-refractivity contribution is 5.99. The quantitative estimate of drug-likeness (QED) is 0.305. The number of anilines is 1. The van der Waals surface area contributed by atoms with Crippen molar-refractivity contribution in [3.05, 3.63) is 70.8 Å². The summed E-state index contributed by atoms with van der Waals surface area (Å²) in [5, 5.41) is 11.7. The molecule has 0 aliphatic heterocycles. The molecule has 2 aromatic carbocycles. The molecule has 0 aromatic heterocycles. The minimum atomic E-state index is -2.99. The van der Waals surface area contributed by atoms with Crippen molar-refractivity contribution in [2.75, 3.05) is 25.5 Å². The molecule has 0 saturated heterocycles. The summed E-state index contributed by atoms with van der Waals surface area (Å²) in [6.07, 6.45) is 4.56. The third-order valence-electron chi connectivity index (χ3n) is 5.87. The number of hydrogen-bond donors (Lipinski definition) is 2. The van der Waals surface area contributed by atoms with Gasteiger partial charge in [0.1, 0.15) is 0 Å². The van der Waals surface area contributed by atoms with E-state index >= 15 is 0 Å². The summed E-state index contributed by atoms with van der Waals surface area (Å²) in [4.78, 5) is 2.23. The normalized spacial score (nSPS) is 11.6. The van der Waals surface area contributed by atoms with Gasteiger partial charge >= 0.3 is 0 Å². The van der Waals surface area contributed by atoms with Gasteiger partial charge in [0.2, 0.25) is 0 Å². The third-order valence-corrected chi connectivity index (χ3v) is 5.87. The largest absolute Gasteiger partial charge is 0.355 e. The molecule has 2 rings (SSSR count). The predicted octanol–water partition coefficient (Wildman–Crippen LogP) is 7.63. The molecule has 0 aliphatic carbocycles. The number of benzene rings is 2. The molecule has 2 N–H and O–H groups in total. The van der Waals surface area contributed by atoms with Crippen LogP contribution in [0.3, 0.4) is 0 Å². The van der Waals surface area contributed by atoms with Crippen molar-refractivity contribution in [3.8, 4) is 0 Å². The Kier molecular flexibility index (Phi) is 9.78. The van der Waals surface area contributed by atoms with E-state index in [1.165, 1.54) is 23.3 Å². The van der Waals surface area contributed by atoms with E-state index in [0.29, 0.717) is 29.1 Å². The molecule has 0 bridgehead atoms. The molecule has 0 fully saturated rings. The highest BCUT2D eigenvalue weighted by Gasteiger charge is 2.26. The summed E-state index contributed by atoms with van der Waals surface area (Å²) >= 11 is 0. The fourth-order valence-electron chi connectivity index (χ4n) is 3.97. The van der Waals surface area contributed by atoms with Crippen LogP contribution >= 0.6 is 0 Å². The zero-order valence-corrected chi connectivity index (χ0v) is 20.8. The summed E-state index contributed by atoms with van der Waals surface area (Å²) in [7, 11) is 2.06. The minimum absolute atomic E-state index is 0.0994. The summed E-state index contributed by atoms with van der Waals surface area (Å²) in [6.45, 7) is 13.3. The van der Waals surface area contributed by atoms with E-state index < -0.39 is 5.92 Å². The van der Waals surface area contributed by atoms with Crippen LogP contribution < -0.4 is 5.32 Å². The van der Waals surface area contributed by atoms with Gasteiger partial charge in [-0.3, -0.25) is 0 Å². The van der Waals surface area contributed by atoms with Crippen LogP contribution in [-0.2, 0) is 12.3 Å². The SMILES string of the molecule is C=C(Nc1cc(C(=N)CCCN(C)CCC)cc(C(C)(F)F)c1)c1ccc(CCC)c(C)c1. The van der Waals surface area contributed by atoms with E-state index in [2.05, 4.69) is 56.7 Å². The lowest BCUT2D eigenvalue weighted by Crippen LogP contribution is -2.21. The van der Waals surface area contributed by atoms with Crippen molar-refractivity contribution < 1.29 is 8.78 Å². The molecule has 0 amide bonds. The van der Waals surface area contributed by atoms with Crippen molar-refractivity contribution in [2.24, 2.45) is 0 Å². The van der Waals surface area contributed by atoms with Crippen LogP contribution in [0.2, 0.25) is 0 Å². The molecule has 3 nitrogen and oxygen atoms in total. The Morgan fingerprint density at radius 3 is 2.39 bits per heavy atom. The minimum Gasteiger partial charge on any atom is -0.355 e. The standard InChI is InChI=1S/C28H39F2N3/c1-7-10-22-12-13-23(16-20(22)3)21(4)32-26-18-24(17-25(19-26)28(5,29)30)27(31)11-9-15-33(6)14-8-2/h12-13,16-19,31-32H,4,7-11,14-15H2,1-3,5-6H3. The van der Waals surface area contributed by atoms with Crippen molar-refractivity contribution in [3.63, 3.8) is 0 Å². The third kappa shape index (κ3) is 8.08. The molecular formula is C28H39F2N3. The van der Waals surface area contributed by atoms with Gasteiger partial charge in [0.25, 0.3) is 5.92 Å². The van der Waals surface area contributed by atoms with Gasteiger partial charge in [0.05, 0.1) is 0 Å². The van der Waals surface area contributed by atoms with E-state index in [4.69, 9.17) is 5.41 Å². The highest BCUT2D eigenvalue weighted by atomic mass is 19.3. The number of nitrogens with zero attached hydrogens (tertiary/aromatic N) is 1. The summed E-state index contributed by atoms with van der Waals surface area (Å²) in [5.41, 5.74) is 5.41. The van der Waals surface area contributed by atoms with Gasteiger partial charge in [-0.2, -0.15) is 0 Å². The smallest absolute Gasteiger partial charge is 0.270 e. The van der Waals surface area contributed by atoms with Crippen molar-refractivity contribution in [2.45, 2.75) is 65.7 Å². The van der Waals surface area contributed by atoms with E-state index in [9.17, 15) is 8.78 Å². The lowest BCUT2D eigenvalue weighted by molar-refractivity contribution is 0.0175. The Hall–Kier alpha value is -2.53. The van der Waals surface area contributed by atoms with Crippen LogP contribution in [0.25, 0.3) is 5.70 Å². The van der Waals surface area contributed by atoms with Crippen molar-refractivity contribution in [1.29, 1.82) is 5.41 Å². The predicted molar refractivity (Wildman–Crippen MR) is 138 cm³/mol. The van der Waals surface area contributed by atoms with Crippen LogP contribution in [0.5, 0.6) is 0 Å². The van der Waals surface area contributed by atoms with Crippen LogP contribution in [-0.4, -0.2) is 30.7 Å². The maximum Gasteiger partial charge on any atom is 0.270 e. The van der Waals surface area contributed by atoms with Crippen LogP contribution in [0.15, 0.2) is 43.0 Å². The summed E-state index contributed by atoms with van der Waals surface area (Å²) in [6, 6.07) is 10.9. The van der Waals surface area contributed by atoms with Gasteiger partial charge in [0.15, 0.2) is 0 Å². The Bertz CT molecular complexity index is 960. The Morgan fingerprint density at radius 2 is 1.79 bits per heavy atom. The lowest BCUT2D eigenvalue weighted by Gasteiger charge is -2.18. The molecule has 5 heteroatoms. The Labute approximate surface area is 198 Å². The topological polar surface area (TPSA) is 39.1 Å². The second-order valence-corrected chi connectivity index (χ2v) is 9.07. The van der Waals surface area contributed by atoms with Gasteiger partial charge in [-0.15, -0.1) is 0 Å². The van der Waals surface area contributed by atoms with E-state index in [1.54, 1.807) is 6.07 Å².